The van der Waals surface area contributed by atoms with E-state index in [1.807, 2.05) is 0 Å². The fraction of sp³-hybridized carbons (Fsp3) is 1.00. The summed E-state index contributed by atoms with van der Waals surface area (Å²) in [5.41, 5.74) is 0. The molecule has 3 heteroatoms. The molecule has 0 aliphatic carbocycles. The first-order valence-corrected chi connectivity index (χ1v) is 6.77. The van der Waals surface area contributed by atoms with Gasteiger partial charge < -0.3 is 4.55 Å². The van der Waals surface area contributed by atoms with Gasteiger partial charge in [0.25, 0.3) is 0 Å². The molecule has 0 radical (unpaired) electrons. The van der Waals surface area contributed by atoms with Crippen LogP contribution in [0.2, 0.25) is 0 Å². The van der Waals surface area contributed by atoms with Gasteiger partial charge in [-0.05, 0) is 36.5 Å². The number of hydrogen-bond acceptors (Lipinski definition) is 1. The van der Waals surface area contributed by atoms with E-state index in [-0.39, 0.29) is 4.70 Å². The Morgan fingerprint density at radius 2 is 1.08 bits per heavy atom. The summed E-state index contributed by atoms with van der Waals surface area (Å²) < 4.78 is 10.1. The first kappa shape index (κ1) is 14.7. The minimum atomic E-state index is -1.19. The highest BCUT2D eigenvalue weighted by Gasteiger charge is 2.16. The highest BCUT2D eigenvalue weighted by Crippen LogP contribution is 2.44. The summed E-state index contributed by atoms with van der Waals surface area (Å²) >= 11 is 0. The summed E-state index contributed by atoms with van der Waals surface area (Å²) in [4.78, 5) is 0. The maximum atomic E-state index is 10.1. The molecule has 0 aliphatic heterocycles. The molecular formula is C9H23FOS. The van der Waals surface area contributed by atoms with Crippen LogP contribution in [-0.2, 0) is 0 Å². The Balaban J connectivity index is 0. The van der Waals surface area contributed by atoms with Gasteiger partial charge in [-0.1, -0.05) is 20.8 Å². The average Bonchev–Trinajstić information content (AvgIpc) is 1.88. The van der Waals surface area contributed by atoms with E-state index >= 15 is 0 Å². The first-order chi connectivity index (χ1) is 5.18. The minimum absolute atomic E-state index is 0. The van der Waals surface area contributed by atoms with Crippen molar-refractivity contribution in [3.8, 4) is 0 Å². The molecule has 0 unspecified atom stereocenters. The number of halogens is 1. The third kappa shape index (κ3) is 5.84. The fourth-order valence-electron chi connectivity index (χ4n) is 1.45. The summed E-state index contributed by atoms with van der Waals surface area (Å²) in [5.74, 6) is 3.15. The van der Waals surface area contributed by atoms with Crippen LogP contribution in [0.25, 0.3) is 0 Å². The molecule has 1 N–H and O–H groups in total. The lowest BCUT2D eigenvalue weighted by Crippen LogP contribution is -2.11. The second kappa shape index (κ2) is 7.87. The summed E-state index contributed by atoms with van der Waals surface area (Å²) in [5, 5.41) is 0. The summed E-state index contributed by atoms with van der Waals surface area (Å²) in [6, 6.07) is 0. The van der Waals surface area contributed by atoms with Crippen LogP contribution >= 0.6 is 10.3 Å². The van der Waals surface area contributed by atoms with Gasteiger partial charge in [-0.3, -0.25) is 4.70 Å². The highest BCUT2D eigenvalue weighted by atomic mass is 32.3. The van der Waals surface area contributed by atoms with Crippen molar-refractivity contribution in [3.05, 3.63) is 0 Å². The molecule has 0 saturated heterocycles. The summed E-state index contributed by atoms with van der Waals surface area (Å²) in [6.07, 6.45) is 3.39. The van der Waals surface area contributed by atoms with Gasteiger partial charge in [-0.2, -0.15) is 0 Å². The number of hydrogen-bond donors (Lipinski definition) is 1. The summed E-state index contributed by atoms with van der Waals surface area (Å²) in [7, 11) is -1.19. The van der Waals surface area contributed by atoms with Gasteiger partial charge in [-0.25, -0.2) is 0 Å². The van der Waals surface area contributed by atoms with E-state index in [1.54, 1.807) is 0 Å². The Morgan fingerprint density at radius 3 is 1.25 bits per heavy atom. The quantitative estimate of drug-likeness (QED) is 0.690. The van der Waals surface area contributed by atoms with Crippen LogP contribution in [0.15, 0.2) is 0 Å². The molecule has 0 fully saturated rings. The van der Waals surface area contributed by atoms with Crippen LogP contribution in [0.5, 0.6) is 0 Å². The van der Waals surface area contributed by atoms with E-state index in [4.69, 9.17) is 0 Å². The Bertz CT molecular complexity index is 81.5. The van der Waals surface area contributed by atoms with E-state index in [0.717, 1.165) is 36.5 Å². The smallest absolute Gasteiger partial charge is 0.00150 e. The summed E-state index contributed by atoms with van der Waals surface area (Å²) in [6.45, 7) is 6.47. The Morgan fingerprint density at radius 1 is 0.833 bits per heavy atom. The van der Waals surface area contributed by atoms with Gasteiger partial charge in [0.05, 0.1) is 0 Å². The van der Waals surface area contributed by atoms with Crippen LogP contribution in [0.4, 0.5) is 4.70 Å². The lowest BCUT2D eigenvalue weighted by molar-refractivity contribution is 0.617. The molecule has 0 heterocycles. The van der Waals surface area contributed by atoms with Gasteiger partial charge in [0.2, 0.25) is 0 Å². The van der Waals surface area contributed by atoms with Crippen molar-refractivity contribution in [2.24, 2.45) is 0 Å². The molecule has 1 nitrogen and oxygen atoms in total. The van der Waals surface area contributed by atoms with Crippen molar-refractivity contribution in [3.63, 3.8) is 0 Å². The molecule has 0 amide bonds. The lowest BCUT2D eigenvalue weighted by Gasteiger charge is -2.33. The topological polar surface area (TPSA) is 20.2 Å². The van der Waals surface area contributed by atoms with Crippen molar-refractivity contribution >= 4 is 10.3 Å². The van der Waals surface area contributed by atoms with Crippen LogP contribution in [0, 0.1) is 0 Å². The van der Waals surface area contributed by atoms with Gasteiger partial charge in [0.15, 0.2) is 0 Å². The van der Waals surface area contributed by atoms with Gasteiger partial charge >= 0.3 is 0 Å². The third-order valence-corrected chi connectivity index (χ3v) is 5.26. The Hall–Kier alpha value is 0.240. The van der Waals surface area contributed by atoms with Crippen molar-refractivity contribution in [2.75, 3.05) is 17.3 Å². The Kier molecular flexibility index (Phi) is 9.67. The highest BCUT2D eigenvalue weighted by molar-refractivity contribution is 8.29. The van der Waals surface area contributed by atoms with Gasteiger partial charge in [0.1, 0.15) is 0 Å². The largest absolute Gasteiger partial charge is 0.351 e. The molecule has 0 spiro atoms. The zero-order valence-corrected chi connectivity index (χ0v) is 9.32. The monoisotopic (exact) mass is 198 g/mol. The van der Waals surface area contributed by atoms with Crippen molar-refractivity contribution in [2.45, 2.75) is 40.0 Å². The zero-order valence-electron chi connectivity index (χ0n) is 8.51. The molecule has 0 bridgehead atoms. The van der Waals surface area contributed by atoms with Gasteiger partial charge in [0, 0.05) is 0 Å². The lowest BCUT2D eigenvalue weighted by atomic mass is 10.6. The van der Waals surface area contributed by atoms with Crippen LogP contribution in [-0.4, -0.2) is 21.8 Å². The maximum absolute atomic E-state index is 10.1. The molecule has 0 atom stereocenters. The molecule has 0 aromatic carbocycles. The molecule has 0 rings (SSSR count). The third-order valence-electron chi connectivity index (χ3n) is 1.75. The van der Waals surface area contributed by atoms with Crippen molar-refractivity contribution in [1.82, 2.24) is 0 Å². The average molecular weight is 198 g/mol. The van der Waals surface area contributed by atoms with E-state index in [9.17, 15) is 4.55 Å². The molecular weight excluding hydrogens is 175 g/mol. The van der Waals surface area contributed by atoms with Crippen LogP contribution < -0.4 is 0 Å². The molecule has 12 heavy (non-hydrogen) atoms. The maximum Gasteiger partial charge on any atom is -0.00150 e. The number of rotatable bonds is 6. The molecule has 0 aliphatic rings. The molecule has 78 valence electrons. The second-order valence-electron chi connectivity index (χ2n) is 3.11. The first-order valence-electron chi connectivity index (χ1n) is 4.67. The SMILES string of the molecule is CCCS(O)(CCC)CCC.F. The molecule has 0 aromatic rings. The predicted molar refractivity (Wildman–Crippen MR) is 58.2 cm³/mol. The predicted octanol–water partition coefficient (Wildman–Crippen LogP) is 3.65. The van der Waals surface area contributed by atoms with E-state index in [2.05, 4.69) is 20.8 Å². The van der Waals surface area contributed by atoms with E-state index in [0.29, 0.717) is 0 Å². The minimum Gasteiger partial charge on any atom is -0.351 e. The van der Waals surface area contributed by atoms with Crippen LogP contribution in [0.1, 0.15) is 40.0 Å². The molecule has 0 aromatic heterocycles. The normalized spacial score (nSPS) is 12.3. The standard InChI is InChI=1S/C9H22OS.FH/c1-4-7-11(10,8-5-2)9-6-3;/h10H,4-9H2,1-3H3;1H. The second-order valence-corrected chi connectivity index (χ2v) is 6.34. The Labute approximate surface area is 77.4 Å². The molecule has 0 saturated carbocycles. The van der Waals surface area contributed by atoms with E-state index in [1.165, 1.54) is 0 Å². The fourth-order valence-corrected chi connectivity index (χ4v) is 4.34. The zero-order chi connectivity index (χ0) is 8.74. The van der Waals surface area contributed by atoms with Gasteiger partial charge in [-0.15, -0.1) is 10.3 Å². The van der Waals surface area contributed by atoms with Crippen molar-refractivity contribution < 1.29 is 9.26 Å². The van der Waals surface area contributed by atoms with E-state index < -0.39 is 10.3 Å². The van der Waals surface area contributed by atoms with Crippen LogP contribution in [0.3, 0.4) is 0 Å². The van der Waals surface area contributed by atoms with Crippen molar-refractivity contribution in [1.29, 1.82) is 0 Å².